The standard InChI is InChI=1S/C17H29NO2/c1-5-11-18-13-17(14(2)3)20-16-8-6-15(7-9-16)10-12-19-4/h6-9,14,17-18H,5,10-13H2,1-4H3. The van der Waals surface area contributed by atoms with Crippen molar-refractivity contribution in [2.45, 2.75) is 39.7 Å². The summed E-state index contributed by atoms with van der Waals surface area (Å²) in [6.45, 7) is 9.28. The van der Waals surface area contributed by atoms with Crippen LogP contribution in [0.1, 0.15) is 32.8 Å². The number of nitrogens with one attached hydrogen (secondary N) is 1. The van der Waals surface area contributed by atoms with Gasteiger partial charge in [0.15, 0.2) is 0 Å². The quantitative estimate of drug-likeness (QED) is 0.667. The molecule has 3 heteroatoms. The largest absolute Gasteiger partial charge is 0.489 e. The van der Waals surface area contributed by atoms with E-state index in [4.69, 9.17) is 9.47 Å². The summed E-state index contributed by atoms with van der Waals surface area (Å²) in [5.41, 5.74) is 1.28. The summed E-state index contributed by atoms with van der Waals surface area (Å²) in [7, 11) is 1.73. The summed E-state index contributed by atoms with van der Waals surface area (Å²) in [6, 6.07) is 8.34. The Morgan fingerprint density at radius 2 is 1.85 bits per heavy atom. The molecule has 0 spiro atoms. The molecule has 1 aromatic rings. The highest BCUT2D eigenvalue weighted by atomic mass is 16.5. The van der Waals surface area contributed by atoms with Crippen molar-refractivity contribution in [1.29, 1.82) is 0 Å². The third-order valence-corrected chi connectivity index (χ3v) is 3.32. The predicted molar refractivity (Wildman–Crippen MR) is 84.4 cm³/mol. The first-order chi connectivity index (χ1) is 9.67. The fraction of sp³-hybridized carbons (Fsp3) is 0.647. The molecule has 0 aliphatic heterocycles. The van der Waals surface area contributed by atoms with Crippen LogP contribution in [0.3, 0.4) is 0 Å². The summed E-state index contributed by atoms with van der Waals surface area (Å²) in [6.07, 6.45) is 2.31. The minimum atomic E-state index is 0.214. The summed E-state index contributed by atoms with van der Waals surface area (Å²) in [5, 5.41) is 3.43. The summed E-state index contributed by atoms with van der Waals surface area (Å²) in [4.78, 5) is 0. The van der Waals surface area contributed by atoms with Gasteiger partial charge in [-0.2, -0.15) is 0 Å². The van der Waals surface area contributed by atoms with Gasteiger partial charge in [0.05, 0.1) is 6.61 Å². The highest BCUT2D eigenvalue weighted by molar-refractivity contribution is 5.27. The minimum Gasteiger partial charge on any atom is -0.489 e. The monoisotopic (exact) mass is 279 g/mol. The molecule has 0 fully saturated rings. The van der Waals surface area contributed by atoms with Gasteiger partial charge in [0, 0.05) is 13.7 Å². The van der Waals surface area contributed by atoms with Crippen LogP contribution in [0.4, 0.5) is 0 Å². The SMILES string of the molecule is CCCNCC(Oc1ccc(CCOC)cc1)C(C)C. The second-order valence-electron chi connectivity index (χ2n) is 5.49. The summed E-state index contributed by atoms with van der Waals surface area (Å²) >= 11 is 0. The normalized spacial score (nSPS) is 12.7. The molecule has 114 valence electrons. The lowest BCUT2D eigenvalue weighted by molar-refractivity contribution is 0.149. The number of benzene rings is 1. The minimum absolute atomic E-state index is 0.214. The second kappa shape index (κ2) is 9.78. The Labute approximate surface area is 123 Å². The lowest BCUT2D eigenvalue weighted by Crippen LogP contribution is -2.35. The average Bonchev–Trinajstić information content (AvgIpc) is 2.45. The van der Waals surface area contributed by atoms with E-state index in [1.54, 1.807) is 7.11 Å². The van der Waals surface area contributed by atoms with Crippen LogP contribution >= 0.6 is 0 Å². The zero-order valence-electron chi connectivity index (χ0n) is 13.3. The smallest absolute Gasteiger partial charge is 0.119 e. The van der Waals surface area contributed by atoms with E-state index < -0.39 is 0 Å². The van der Waals surface area contributed by atoms with E-state index in [0.29, 0.717) is 5.92 Å². The van der Waals surface area contributed by atoms with E-state index in [2.05, 4.69) is 50.4 Å². The maximum absolute atomic E-state index is 6.09. The molecular formula is C17H29NO2. The fourth-order valence-corrected chi connectivity index (χ4v) is 1.96. The maximum atomic E-state index is 6.09. The number of ether oxygens (including phenoxy) is 2. The Morgan fingerprint density at radius 1 is 1.15 bits per heavy atom. The Balaban J connectivity index is 2.50. The van der Waals surface area contributed by atoms with E-state index in [1.807, 2.05) is 0 Å². The van der Waals surface area contributed by atoms with Gasteiger partial charge in [-0.1, -0.05) is 32.9 Å². The van der Waals surface area contributed by atoms with Crippen LogP contribution in [0, 0.1) is 5.92 Å². The van der Waals surface area contributed by atoms with Crippen molar-refractivity contribution >= 4 is 0 Å². The predicted octanol–water partition coefficient (Wildman–Crippen LogP) is 3.28. The number of rotatable bonds is 10. The van der Waals surface area contributed by atoms with Gasteiger partial charge in [-0.25, -0.2) is 0 Å². The molecule has 1 atom stereocenters. The van der Waals surface area contributed by atoms with Crippen LogP contribution in [0.2, 0.25) is 0 Å². The van der Waals surface area contributed by atoms with Crippen molar-refractivity contribution in [2.75, 3.05) is 26.8 Å². The van der Waals surface area contributed by atoms with Crippen LogP contribution in [0.15, 0.2) is 24.3 Å². The number of methoxy groups -OCH3 is 1. The lowest BCUT2D eigenvalue weighted by Gasteiger charge is -2.23. The van der Waals surface area contributed by atoms with Crippen LogP contribution in [-0.2, 0) is 11.2 Å². The third kappa shape index (κ3) is 6.40. The van der Waals surface area contributed by atoms with Crippen LogP contribution in [0.25, 0.3) is 0 Å². The summed E-state index contributed by atoms with van der Waals surface area (Å²) < 4.78 is 11.2. The van der Waals surface area contributed by atoms with Gasteiger partial charge in [-0.15, -0.1) is 0 Å². The second-order valence-corrected chi connectivity index (χ2v) is 5.49. The molecule has 0 saturated carbocycles. The van der Waals surface area contributed by atoms with Gasteiger partial charge in [-0.05, 0) is 43.0 Å². The number of hydrogen-bond donors (Lipinski definition) is 1. The topological polar surface area (TPSA) is 30.5 Å². The van der Waals surface area contributed by atoms with Crippen molar-refractivity contribution in [3.8, 4) is 5.75 Å². The molecule has 0 bridgehead atoms. The highest BCUT2D eigenvalue weighted by Crippen LogP contribution is 2.17. The van der Waals surface area contributed by atoms with Crippen LogP contribution in [0.5, 0.6) is 5.75 Å². The molecule has 0 aromatic heterocycles. The van der Waals surface area contributed by atoms with E-state index in [0.717, 1.165) is 38.3 Å². The highest BCUT2D eigenvalue weighted by Gasteiger charge is 2.14. The van der Waals surface area contributed by atoms with Gasteiger partial charge in [0.25, 0.3) is 0 Å². The van der Waals surface area contributed by atoms with E-state index in [-0.39, 0.29) is 6.10 Å². The molecule has 0 aliphatic rings. The van der Waals surface area contributed by atoms with Crippen LogP contribution in [-0.4, -0.2) is 32.9 Å². The molecule has 20 heavy (non-hydrogen) atoms. The van der Waals surface area contributed by atoms with Crippen LogP contribution < -0.4 is 10.1 Å². The molecule has 1 N–H and O–H groups in total. The molecule has 0 aliphatic carbocycles. The van der Waals surface area contributed by atoms with E-state index in [9.17, 15) is 0 Å². The molecule has 1 aromatic carbocycles. The Hall–Kier alpha value is -1.06. The zero-order chi connectivity index (χ0) is 14.8. The van der Waals surface area contributed by atoms with Crippen molar-refractivity contribution in [1.82, 2.24) is 5.32 Å². The van der Waals surface area contributed by atoms with Crippen molar-refractivity contribution in [2.24, 2.45) is 5.92 Å². The van der Waals surface area contributed by atoms with Gasteiger partial charge < -0.3 is 14.8 Å². The van der Waals surface area contributed by atoms with Gasteiger partial charge in [0.1, 0.15) is 11.9 Å². The Bertz CT molecular complexity index is 349. The summed E-state index contributed by atoms with van der Waals surface area (Å²) in [5.74, 6) is 1.44. The first-order valence-corrected chi connectivity index (χ1v) is 7.62. The van der Waals surface area contributed by atoms with E-state index in [1.165, 1.54) is 5.56 Å². The van der Waals surface area contributed by atoms with E-state index >= 15 is 0 Å². The average molecular weight is 279 g/mol. The molecule has 0 saturated heterocycles. The van der Waals surface area contributed by atoms with Crippen molar-refractivity contribution in [3.05, 3.63) is 29.8 Å². The Morgan fingerprint density at radius 3 is 2.40 bits per heavy atom. The molecule has 0 radical (unpaired) electrons. The van der Waals surface area contributed by atoms with Gasteiger partial charge >= 0.3 is 0 Å². The molecule has 1 rings (SSSR count). The molecule has 3 nitrogen and oxygen atoms in total. The first kappa shape index (κ1) is 17.0. The zero-order valence-corrected chi connectivity index (χ0v) is 13.3. The van der Waals surface area contributed by atoms with Crippen molar-refractivity contribution < 1.29 is 9.47 Å². The lowest BCUT2D eigenvalue weighted by atomic mass is 10.1. The molecule has 0 heterocycles. The third-order valence-electron chi connectivity index (χ3n) is 3.32. The number of hydrogen-bond acceptors (Lipinski definition) is 3. The molecule has 0 amide bonds. The first-order valence-electron chi connectivity index (χ1n) is 7.62. The van der Waals surface area contributed by atoms with Gasteiger partial charge in [0.2, 0.25) is 0 Å². The fourth-order valence-electron chi connectivity index (χ4n) is 1.96. The molecule has 1 unspecified atom stereocenters. The molecular weight excluding hydrogens is 250 g/mol. The van der Waals surface area contributed by atoms with Gasteiger partial charge in [-0.3, -0.25) is 0 Å². The maximum Gasteiger partial charge on any atom is 0.119 e. The van der Waals surface area contributed by atoms with Crippen molar-refractivity contribution in [3.63, 3.8) is 0 Å². The Kier molecular flexibility index (Phi) is 8.31.